The number of hydrogen-bond donors (Lipinski definition) is 2. The fraction of sp³-hybridized carbons (Fsp3) is 0.636. The summed E-state index contributed by atoms with van der Waals surface area (Å²) in [5.74, 6) is -1.44. The third-order valence-electron chi connectivity index (χ3n) is 12.6. The van der Waals surface area contributed by atoms with Crippen LogP contribution in [0.1, 0.15) is 80.2 Å². The zero-order chi connectivity index (χ0) is 28.9. The van der Waals surface area contributed by atoms with Crippen LogP contribution in [0.15, 0.2) is 48.1 Å². The number of aliphatic hydroxyl groups excluding tert-OH is 2. The summed E-state index contributed by atoms with van der Waals surface area (Å²) in [5.41, 5.74) is -4.04. The van der Waals surface area contributed by atoms with E-state index in [1.807, 2.05) is 57.2 Å². The Morgan fingerprint density at radius 1 is 1.08 bits per heavy atom. The number of allylic oxidation sites excluding steroid dienone is 1. The average molecular weight is 537 g/mol. The second-order valence-corrected chi connectivity index (χ2v) is 14.0. The van der Waals surface area contributed by atoms with Gasteiger partial charge < -0.3 is 19.7 Å². The molecule has 6 heteroatoms. The van der Waals surface area contributed by atoms with Crippen molar-refractivity contribution in [3.63, 3.8) is 0 Å². The van der Waals surface area contributed by atoms with Crippen LogP contribution in [-0.2, 0) is 19.1 Å². The van der Waals surface area contributed by atoms with E-state index >= 15 is 0 Å². The van der Waals surface area contributed by atoms with Crippen LogP contribution in [0.5, 0.6) is 0 Å². The molecule has 1 aromatic rings. The normalized spacial score (nSPS) is 46.4. The maximum absolute atomic E-state index is 14.8. The van der Waals surface area contributed by atoms with Gasteiger partial charge in [-0.05, 0) is 67.4 Å². The van der Waals surface area contributed by atoms with Gasteiger partial charge in [-0.25, -0.2) is 4.79 Å². The number of aliphatic hydroxyl groups is 2. The number of benzene rings is 1. The second kappa shape index (κ2) is 8.37. The van der Waals surface area contributed by atoms with Crippen LogP contribution in [0.25, 0.3) is 6.08 Å². The number of esters is 1. The molecule has 1 saturated heterocycles. The molecule has 1 aliphatic heterocycles. The first kappa shape index (κ1) is 28.3. The van der Waals surface area contributed by atoms with E-state index in [9.17, 15) is 19.8 Å². The van der Waals surface area contributed by atoms with Crippen molar-refractivity contribution in [3.8, 4) is 0 Å². The minimum atomic E-state index is -1.72. The first-order valence-electron chi connectivity index (χ1n) is 14.2. The smallest absolute Gasteiger partial charge is 0.331 e. The zero-order valence-electron chi connectivity index (χ0n) is 24.6. The molecule has 6 nitrogen and oxygen atoms in total. The van der Waals surface area contributed by atoms with Gasteiger partial charge in [0.25, 0.3) is 0 Å². The van der Waals surface area contributed by atoms with E-state index in [-0.39, 0.29) is 34.2 Å². The SMILES string of the molecule is C[C@H]1C[C@]2(OC(=O)/C=C/c3ccccc3)C(=O)C(CO)=C[C@@]3(C)C(C)(C)[C@@]3(C)CC[C@@]3(C)O[C@]3(C)[C@@]2(C)[C@H]1O. The maximum Gasteiger partial charge on any atom is 0.331 e. The molecule has 0 bridgehead atoms. The van der Waals surface area contributed by atoms with Gasteiger partial charge in [0, 0.05) is 18.1 Å². The number of ketones is 1. The van der Waals surface area contributed by atoms with Crippen molar-refractivity contribution >= 4 is 17.8 Å². The highest BCUT2D eigenvalue weighted by Crippen LogP contribution is 2.82. The highest BCUT2D eigenvalue weighted by atomic mass is 16.6. The first-order valence-corrected chi connectivity index (χ1v) is 14.2. The zero-order valence-corrected chi connectivity index (χ0v) is 24.6. The topological polar surface area (TPSA) is 96.4 Å². The molecule has 2 N–H and O–H groups in total. The van der Waals surface area contributed by atoms with Crippen LogP contribution in [0.4, 0.5) is 0 Å². The molecular formula is C33H44O6. The van der Waals surface area contributed by atoms with Crippen molar-refractivity contribution < 1.29 is 29.3 Å². The van der Waals surface area contributed by atoms with E-state index in [1.165, 1.54) is 6.08 Å². The minimum absolute atomic E-state index is 0.115. The van der Waals surface area contributed by atoms with E-state index in [0.717, 1.165) is 18.4 Å². The lowest BCUT2D eigenvalue weighted by Gasteiger charge is -2.47. The summed E-state index contributed by atoms with van der Waals surface area (Å²) < 4.78 is 12.8. The molecule has 1 heterocycles. The van der Waals surface area contributed by atoms with Crippen molar-refractivity contribution in [1.82, 2.24) is 0 Å². The van der Waals surface area contributed by atoms with E-state index < -0.39 is 46.7 Å². The Kier molecular flexibility index (Phi) is 6.07. The van der Waals surface area contributed by atoms with Gasteiger partial charge in [0.15, 0.2) is 5.60 Å². The Morgan fingerprint density at radius 3 is 2.33 bits per heavy atom. The van der Waals surface area contributed by atoms with E-state index in [0.29, 0.717) is 0 Å². The summed E-state index contributed by atoms with van der Waals surface area (Å²) in [6, 6.07) is 9.39. The van der Waals surface area contributed by atoms with Gasteiger partial charge in [-0.1, -0.05) is 71.0 Å². The predicted molar refractivity (Wildman–Crippen MR) is 149 cm³/mol. The molecule has 1 aromatic carbocycles. The van der Waals surface area contributed by atoms with Crippen molar-refractivity contribution in [2.75, 3.05) is 6.61 Å². The fourth-order valence-electron chi connectivity index (χ4n) is 8.76. The van der Waals surface area contributed by atoms with Gasteiger partial charge in [-0.3, -0.25) is 4.79 Å². The number of Topliss-reactive ketones (excluding diaryl/α,β-unsaturated/α-hetero) is 1. The Hall–Kier alpha value is -2.28. The molecule has 0 unspecified atom stereocenters. The number of ether oxygens (including phenoxy) is 2. The third-order valence-corrected chi connectivity index (χ3v) is 12.6. The molecule has 8 atom stereocenters. The summed E-state index contributed by atoms with van der Waals surface area (Å²) in [6.45, 7) is 16.0. The van der Waals surface area contributed by atoms with Crippen LogP contribution in [0, 0.1) is 27.6 Å². The highest BCUT2D eigenvalue weighted by Gasteiger charge is 2.85. The van der Waals surface area contributed by atoms with Crippen molar-refractivity contribution in [2.24, 2.45) is 27.6 Å². The standard InChI is InChI=1S/C33H44O6/c1-21-18-33(38-24(35)15-14-22-12-10-9-11-13-22)26(37)23(20-34)19-29(5)27(2,3)28(29,4)16-17-30(6)32(8,39-30)31(33,7)25(21)36/h9-15,19,21,25,34,36H,16-18,20H2,1-8H3/b15-14+,23-19?/t21-,25-,28+,29-,30+,31+,32-,33-/m0/s1. The summed E-state index contributed by atoms with van der Waals surface area (Å²) in [6.07, 6.45) is 5.70. The third kappa shape index (κ3) is 3.31. The lowest BCUT2D eigenvalue weighted by molar-refractivity contribution is -0.186. The average Bonchev–Trinajstić information content (AvgIpc) is 3.54. The van der Waals surface area contributed by atoms with Crippen LogP contribution in [0.2, 0.25) is 0 Å². The Labute approximate surface area is 232 Å². The van der Waals surface area contributed by atoms with Gasteiger partial charge in [-0.15, -0.1) is 0 Å². The maximum atomic E-state index is 14.8. The lowest BCUT2D eigenvalue weighted by atomic mass is 9.59. The number of fused-ring (bicyclic) bond motifs is 4. The Balaban J connectivity index is 1.68. The van der Waals surface area contributed by atoms with Gasteiger partial charge in [-0.2, -0.15) is 0 Å². The quantitative estimate of drug-likeness (QED) is 0.309. The van der Waals surface area contributed by atoms with E-state index in [1.54, 1.807) is 6.08 Å². The first-order chi connectivity index (χ1) is 18.0. The molecule has 0 aromatic heterocycles. The number of hydrogen-bond acceptors (Lipinski definition) is 6. The summed E-state index contributed by atoms with van der Waals surface area (Å²) in [7, 11) is 0. The van der Waals surface area contributed by atoms with Crippen molar-refractivity contribution in [3.05, 3.63) is 53.6 Å². The molecule has 3 aliphatic carbocycles. The second-order valence-electron chi connectivity index (χ2n) is 14.0. The largest absolute Gasteiger partial charge is 0.447 e. The molecule has 5 rings (SSSR count). The monoisotopic (exact) mass is 536 g/mol. The van der Waals surface area contributed by atoms with Gasteiger partial charge in [0.2, 0.25) is 5.78 Å². The van der Waals surface area contributed by atoms with Crippen LogP contribution < -0.4 is 0 Å². The molecule has 0 amide bonds. The molecule has 0 spiro atoms. The van der Waals surface area contributed by atoms with Gasteiger partial charge >= 0.3 is 5.97 Å². The van der Waals surface area contributed by atoms with Gasteiger partial charge in [0.1, 0.15) is 5.60 Å². The highest BCUT2D eigenvalue weighted by molar-refractivity contribution is 6.05. The molecule has 39 heavy (non-hydrogen) atoms. The molecule has 212 valence electrons. The van der Waals surface area contributed by atoms with Gasteiger partial charge in [0.05, 0.1) is 23.7 Å². The van der Waals surface area contributed by atoms with E-state index in [4.69, 9.17) is 9.47 Å². The van der Waals surface area contributed by atoms with Crippen LogP contribution >= 0.6 is 0 Å². The van der Waals surface area contributed by atoms with Crippen molar-refractivity contribution in [2.45, 2.75) is 97.6 Å². The number of epoxide rings is 1. The molecule has 4 aliphatic rings. The van der Waals surface area contributed by atoms with E-state index in [2.05, 4.69) is 34.6 Å². The summed E-state index contributed by atoms with van der Waals surface area (Å²) in [5, 5.41) is 22.4. The molecule has 2 saturated carbocycles. The number of carbonyl (C=O) groups excluding carboxylic acids is 2. The Bertz CT molecular complexity index is 1270. The molecule has 3 fully saturated rings. The van der Waals surface area contributed by atoms with Crippen LogP contribution in [0.3, 0.4) is 0 Å². The summed E-state index contributed by atoms with van der Waals surface area (Å²) >= 11 is 0. The number of carbonyl (C=O) groups is 2. The molecule has 0 radical (unpaired) electrons. The van der Waals surface area contributed by atoms with Crippen molar-refractivity contribution in [1.29, 1.82) is 0 Å². The van der Waals surface area contributed by atoms with Crippen LogP contribution in [-0.4, -0.2) is 51.5 Å². The fourth-order valence-corrected chi connectivity index (χ4v) is 8.76. The predicted octanol–water partition coefficient (Wildman–Crippen LogP) is 5.27. The lowest BCUT2D eigenvalue weighted by Crippen LogP contribution is -2.63. The summed E-state index contributed by atoms with van der Waals surface area (Å²) in [4.78, 5) is 28.2. The molecular weight excluding hydrogens is 492 g/mol. The number of rotatable bonds is 4. The Morgan fingerprint density at radius 2 is 1.72 bits per heavy atom. The minimum Gasteiger partial charge on any atom is -0.447 e.